The van der Waals surface area contributed by atoms with Gasteiger partial charge in [-0.25, -0.2) is 0 Å². The van der Waals surface area contributed by atoms with Crippen LogP contribution in [0.2, 0.25) is 0 Å². The molecule has 0 aliphatic rings. The largest absolute Gasteiger partial charge is 0.493 e. The summed E-state index contributed by atoms with van der Waals surface area (Å²) in [6.45, 7) is 5.63. The van der Waals surface area contributed by atoms with Crippen LogP contribution in [0.15, 0.2) is 30.3 Å². The zero-order valence-electron chi connectivity index (χ0n) is 19.7. The maximum absolute atomic E-state index is 13.2. The number of rotatable bonds is 13. The summed E-state index contributed by atoms with van der Waals surface area (Å²) < 4.78 is 15.7. The van der Waals surface area contributed by atoms with Gasteiger partial charge in [0.15, 0.2) is 11.5 Å². The molecule has 1 aromatic heterocycles. The molecule has 0 unspecified atom stereocenters. The topological polar surface area (TPSA) is 68.3 Å². The minimum absolute atomic E-state index is 0.0248. The van der Waals surface area contributed by atoms with Crippen molar-refractivity contribution in [2.45, 2.75) is 33.2 Å². The van der Waals surface area contributed by atoms with E-state index in [0.717, 1.165) is 16.9 Å². The fourth-order valence-corrected chi connectivity index (χ4v) is 4.30. The number of benzene rings is 1. The summed E-state index contributed by atoms with van der Waals surface area (Å²) in [7, 11) is 4.70. The van der Waals surface area contributed by atoms with E-state index in [0.29, 0.717) is 37.6 Å². The number of thiophene rings is 1. The number of carbonyl (C=O) groups excluding carboxylic acids is 2. The summed E-state index contributed by atoms with van der Waals surface area (Å²) in [6, 6.07) is 9.89. The van der Waals surface area contributed by atoms with E-state index in [-0.39, 0.29) is 25.0 Å². The van der Waals surface area contributed by atoms with Crippen LogP contribution in [-0.4, -0.2) is 69.2 Å². The second-order valence-corrected chi connectivity index (χ2v) is 8.89. The van der Waals surface area contributed by atoms with E-state index < -0.39 is 0 Å². The van der Waals surface area contributed by atoms with Crippen LogP contribution in [-0.2, 0) is 27.3 Å². The third kappa shape index (κ3) is 7.53. The highest BCUT2D eigenvalue weighted by molar-refractivity contribution is 7.11. The van der Waals surface area contributed by atoms with Crippen molar-refractivity contribution in [3.8, 4) is 11.5 Å². The summed E-state index contributed by atoms with van der Waals surface area (Å²) in [4.78, 5) is 31.3. The highest BCUT2D eigenvalue weighted by Gasteiger charge is 2.21. The van der Waals surface area contributed by atoms with E-state index in [4.69, 9.17) is 14.2 Å². The Morgan fingerprint density at radius 3 is 2.28 bits per heavy atom. The second kappa shape index (κ2) is 13.1. The Hall–Kier alpha value is -2.58. The first-order valence-corrected chi connectivity index (χ1v) is 11.5. The van der Waals surface area contributed by atoms with Gasteiger partial charge in [-0.05, 0) is 49.6 Å². The van der Waals surface area contributed by atoms with Crippen molar-refractivity contribution < 1.29 is 23.8 Å². The molecular formula is C24H34N2O5S. The molecule has 0 bridgehead atoms. The van der Waals surface area contributed by atoms with Crippen molar-refractivity contribution in [2.75, 3.05) is 47.6 Å². The highest BCUT2D eigenvalue weighted by atomic mass is 32.1. The molecule has 2 amide bonds. The minimum atomic E-state index is -0.172. The lowest BCUT2D eigenvalue weighted by Gasteiger charge is -2.27. The lowest BCUT2D eigenvalue weighted by molar-refractivity contribution is -0.143. The molecule has 0 atom stereocenters. The molecule has 0 N–H and O–H groups in total. The number of methoxy groups -OCH3 is 3. The summed E-state index contributed by atoms with van der Waals surface area (Å²) in [6.07, 6.45) is 1.44. The molecular weight excluding hydrogens is 428 g/mol. The molecule has 1 aromatic carbocycles. The van der Waals surface area contributed by atoms with E-state index in [9.17, 15) is 9.59 Å². The Balaban J connectivity index is 2.15. The lowest BCUT2D eigenvalue weighted by Crippen LogP contribution is -2.44. The number of ether oxygens (including phenoxy) is 3. The average Bonchev–Trinajstić information content (AvgIpc) is 3.20. The highest BCUT2D eigenvalue weighted by Crippen LogP contribution is 2.28. The van der Waals surface area contributed by atoms with Crippen molar-refractivity contribution in [3.05, 3.63) is 45.6 Å². The van der Waals surface area contributed by atoms with Gasteiger partial charge < -0.3 is 24.0 Å². The third-order valence-corrected chi connectivity index (χ3v) is 6.04. The monoisotopic (exact) mass is 462 g/mol. The van der Waals surface area contributed by atoms with Gasteiger partial charge in [0.05, 0.1) is 27.3 Å². The van der Waals surface area contributed by atoms with Crippen LogP contribution in [0.5, 0.6) is 11.5 Å². The van der Waals surface area contributed by atoms with E-state index in [1.54, 1.807) is 30.5 Å². The number of amides is 2. The summed E-state index contributed by atoms with van der Waals surface area (Å²) >= 11 is 1.68. The predicted octanol–water partition coefficient (Wildman–Crippen LogP) is 3.53. The Bertz CT molecular complexity index is 883. The van der Waals surface area contributed by atoms with Crippen LogP contribution >= 0.6 is 11.3 Å². The molecule has 2 aromatic rings. The Kier molecular flexibility index (Phi) is 10.5. The van der Waals surface area contributed by atoms with Crippen molar-refractivity contribution >= 4 is 23.2 Å². The van der Waals surface area contributed by atoms with Crippen molar-refractivity contribution in [1.82, 2.24) is 9.80 Å². The molecule has 0 fully saturated rings. The number of aryl methyl sites for hydroxylation is 1. The van der Waals surface area contributed by atoms with Crippen LogP contribution in [0.25, 0.3) is 0 Å². The third-order valence-electron chi connectivity index (χ3n) is 5.05. The lowest BCUT2D eigenvalue weighted by atomic mass is 10.1. The quantitative estimate of drug-likeness (QED) is 0.456. The number of hydrogen-bond acceptors (Lipinski definition) is 6. The van der Waals surface area contributed by atoms with Gasteiger partial charge in [0.1, 0.15) is 6.61 Å². The molecule has 2 rings (SSSR count). The Labute approximate surface area is 194 Å². The number of hydrogen-bond donors (Lipinski definition) is 0. The summed E-state index contributed by atoms with van der Waals surface area (Å²) in [5.74, 6) is 1.09. The van der Waals surface area contributed by atoms with Gasteiger partial charge in [-0.2, -0.15) is 0 Å². The molecule has 0 spiro atoms. The van der Waals surface area contributed by atoms with Crippen LogP contribution in [0.4, 0.5) is 0 Å². The summed E-state index contributed by atoms with van der Waals surface area (Å²) in [5.41, 5.74) is 1.05. The first-order chi connectivity index (χ1) is 15.4. The predicted molar refractivity (Wildman–Crippen MR) is 126 cm³/mol. The Morgan fingerprint density at radius 2 is 1.69 bits per heavy atom. The molecule has 0 aliphatic heterocycles. The smallest absolute Gasteiger partial charge is 0.249 e. The van der Waals surface area contributed by atoms with E-state index in [1.807, 2.05) is 30.0 Å². The van der Waals surface area contributed by atoms with Crippen LogP contribution in [0.1, 0.15) is 28.7 Å². The maximum atomic E-state index is 13.2. The fourth-order valence-electron chi connectivity index (χ4n) is 3.39. The van der Waals surface area contributed by atoms with E-state index in [1.165, 1.54) is 12.0 Å². The van der Waals surface area contributed by atoms with E-state index >= 15 is 0 Å². The van der Waals surface area contributed by atoms with E-state index in [2.05, 4.69) is 19.1 Å². The van der Waals surface area contributed by atoms with Crippen LogP contribution in [0, 0.1) is 6.92 Å². The normalized spacial score (nSPS) is 10.7. The fraction of sp³-hybridized carbons (Fsp3) is 0.500. The molecule has 176 valence electrons. The zero-order chi connectivity index (χ0) is 23.5. The van der Waals surface area contributed by atoms with Gasteiger partial charge in [0, 0.05) is 30.0 Å². The molecule has 0 saturated heterocycles. The van der Waals surface area contributed by atoms with Crippen molar-refractivity contribution in [1.29, 1.82) is 0 Å². The molecule has 7 nitrogen and oxygen atoms in total. The molecule has 1 heterocycles. The van der Waals surface area contributed by atoms with Gasteiger partial charge in [0.2, 0.25) is 11.8 Å². The molecule has 32 heavy (non-hydrogen) atoms. The average molecular weight is 463 g/mol. The molecule has 0 radical (unpaired) electrons. The second-order valence-electron chi connectivity index (χ2n) is 7.52. The Morgan fingerprint density at radius 1 is 0.938 bits per heavy atom. The number of carbonyl (C=O) groups is 2. The molecule has 8 heteroatoms. The van der Waals surface area contributed by atoms with Gasteiger partial charge in [-0.3, -0.25) is 9.59 Å². The van der Waals surface area contributed by atoms with Crippen LogP contribution < -0.4 is 9.47 Å². The van der Waals surface area contributed by atoms with Crippen LogP contribution in [0.3, 0.4) is 0 Å². The standard InChI is InChI=1S/C24H34N2O5S/c1-6-12-25(24(28)17-29-3)16-23(27)26(15-20-9-7-18(2)32-20)13-11-19-8-10-21(30-4)22(14-19)31-5/h7-10,14H,6,11-13,15-17H2,1-5H3. The molecule has 0 saturated carbocycles. The summed E-state index contributed by atoms with van der Waals surface area (Å²) in [5, 5.41) is 0. The first-order valence-electron chi connectivity index (χ1n) is 10.7. The van der Waals surface area contributed by atoms with Gasteiger partial charge in [-0.15, -0.1) is 11.3 Å². The SMILES string of the molecule is CCCN(CC(=O)N(CCc1ccc(OC)c(OC)c1)Cc1ccc(C)s1)C(=O)COC. The first kappa shape index (κ1) is 25.7. The zero-order valence-corrected chi connectivity index (χ0v) is 20.5. The maximum Gasteiger partial charge on any atom is 0.249 e. The number of nitrogens with zero attached hydrogens (tertiary/aromatic N) is 2. The van der Waals surface area contributed by atoms with Crippen molar-refractivity contribution in [3.63, 3.8) is 0 Å². The minimum Gasteiger partial charge on any atom is -0.493 e. The van der Waals surface area contributed by atoms with Gasteiger partial charge >= 0.3 is 0 Å². The molecule has 0 aliphatic carbocycles. The van der Waals surface area contributed by atoms with Crippen molar-refractivity contribution in [2.24, 2.45) is 0 Å². The van der Waals surface area contributed by atoms with Gasteiger partial charge in [0.25, 0.3) is 0 Å². The van der Waals surface area contributed by atoms with Gasteiger partial charge in [-0.1, -0.05) is 13.0 Å².